The topological polar surface area (TPSA) is 55.9 Å². The molecule has 6 heteroatoms. The molecule has 2 aliphatic rings. The van der Waals surface area contributed by atoms with Crippen molar-refractivity contribution in [2.24, 2.45) is 0 Å². The van der Waals surface area contributed by atoms with Gasteiger partial charge in [-0.05, 0) is 19.4 Å². The number of hydrogen-bond acceptors (Lipinski definition) is 4. The van der Waals surface area contributed by atoms with Gasteiger partial charge >= 0.3 is 0 Å². The van der Waals surface area contributed by atoms with Crippen molar-refractivity contribution in [2.75, 3.05) is 53.4 Å². The summed E-state index contributed by atoms with van der Waals surface area (Å²) in [7, 11) is 3.55. The fourth-order valence-electron chi connectivity index (χ4n) is 2.93. The summed E-state index contributed by atoms with van der Waals surface area (Å²) >= 11 is 0. The van der Waals surface area contributed by atoms with Crippen molar-refractivity contribution in [1.82, 2.24) is 20.0 Å². The first-order valence-corrected chi connectivity index (χ1v) is 7.53. The number of carbonyl (C=O) groups is 2. The molecule has 0 bridgehead atoms. The zero-order valence-electron chi connectivity index (χ0n) is 12.6. The van der Waals surface area contributed by atoms with Crippen LogP contribution in [0.2, 0.25) is 0 Å². The molecule has 2 heterocycles. The van der Waals surface area contributed by atoms with E-state index in [0.717, 1.165) is 45.6 Å². The molecule has 0 aromatic carbocycles. The van der Waals surface area contributed by atoms with E-state index in [0.29, 0.717) is 13.0 Å². The van der Waals surface area contributed by atoms with Gasteiger partial charge in [0.1, 0.15) is 0 Å². The Morgan fingerprint density at radius 1 is 1.20 bits per heavy atom. The van der Waals surface area contributed by atoms with Crippen LogP contribution in [0.3, 0.4) is 0 Å². The Kier molecular flexibility index (Phi) is 5.37. The van der Waals surface area contributed by atoms with Crippen LogP contribution >= 0.6 is 0 Å². The van der Waals surface area contributed by atoms with Crippen LogP contribution in [0.15, 0.2) is 0 Å². The molecular weight excluding hydrogens is 256 g/mol. The van der Waals surface area contributed by atoms with Crippen molar-refractivity contribution in [2.45, 2.75) is 25.3 Å². The van der Waals surface area contributed by atoms with E-state index in [1.54, 1.807) is 19.0 Å². The molecule has 0 radical (unpaired) electrons. The number of hydrogen-bond donors (Lipinski definition) is 1. The smallest absolute Gasteiger partial charge is 0.240 e. The third kappa shape index (κ3) is 3.70. The summed E-state index contributed by atoms with van der Waals surface area (Å²) in [5, 5.41) is 3.27. The highest BCUT2D eigenvalue weighted by Crippen LogP contribution is 2.20. The zero-order valence-corrected chi connectivity index (χ0v) is 12.6. The molecule has 0 aromatic heterocycles. The van der Waals surface area contributed by atoms with E-state index >= 15 is 0 Å². The number of nitrogens with one attached hydrogen (secondary N) is 1. The van der Waals surface area contributed by atoms with E-state index in [2.05, 4.69) is 10.2 Å². The minimum Gasteiger partial charge on any atom is -0.349 e. The highest BCUT2D eigenvalue weighted by Gasteiger charge is 2.33. The Morgan fingerprint density at radius 3 is 2.55 bits per heavy atom. The Hall–Kier alpha value is -1.14. The predicted molar refractivity (Wildman–Crippen MR) is 77.4 cm³/mol. The van der Waals surface area contributed by atoms with E-state index in [4.69, 9.17) is 0 Å². The lowest BCUT2D eigenvalue weighted by atomic mass is 10.1. The minimum absolute atomic E-state index is 0.0111. The Bertz CT molecular complexity index is 353. The molecule has 1 unspecified atom stereocenters. The van der Waals surface area contributed by atoms with Gasteiger partial charge in [-0.15, -0.1) is 0 Å². The van der Waals surface area contributed by atoms with E-state index in [-0.39, 0.29) is 17.9 Å². The summed E-state index contributed by atoms with van der Waals surface area (Å²) in [5.74, 6) is 0.381. The fraction of sp³-hybridized carbons (Fsp3) is 0.857. The van der Waals surface area contributed by atoms with Gasteiger partial charge in [0.2, 0.25) is 11.8 Å². The van der Waals surface area contributed by atoms with E-state index < -0.39 is 0 Å². The summed E-state index contributed by atoms with van der Waals surface area (Å²) in [6, 6.07) is -0.0111. The highest BCUT2D eigenvalue weighted by atomic mass is 16.2. The largest absolute Gasteiger partial charge is 0.349 e. The first-order chi connectivity index (χ1) is 9.59. The molecule has 6 nitrogen and oxygen atoms in total. The Balaban J connectivity index is 1.86. The molecule has 2 saturated heterocycles. The number of nitrogens with zero attached hydrogens (tertiary/aromatic N) is 3. The van der Waals surface area contributed by atoms with Crippen molar-refractivity contribution in [3.8, 4) is 0 Å². The average Bonchev–Trinajstić information content (AvgIpc) is 2.93. The van der Waals surface area contributed by atoms with Crippen LogP contribution in [-0.4, -0.2) is 85.9 Å². The third-order valence-electron chi connectivity index (χ3n) is 4.19. The van der Waals surface area contributed by atoms with E-state index in [9.17, 15) is 9.59 Å². The maximum Gasteiger partial charge on any atom is 0.240 e. The molecule has 0 aliphatic carbocycles. The number of rotatable bonds is 4. The lowest BCUT2D eigenvalue weighted by Gasteiger charge is -2.33. The van der Waals surface area contributed by atoms with Crippen molar-refractivity contribution in [1.29, 1.82) is 0 Å². The summed E-state index contributed by atoms with van der Waals surface area (Å²) in [5.41, 5.74) is 0. The van der Waals surface area contributed by atoms with Gasteiger partial charge in [-0.2, -0.15) is 0 Å². The van der Waals surface area contributed by atoms with Crippen LogP contribution in [-0.2, 0) is 9.59 Å². The van der Waals surface area contributed by atoms with Crippen LogP contribution in [0.5, 0.6) is 0 Å². The molecule has 0 saturated carbocycles. The molecule has 0 spiro atoms. The zero-order chi connectivity index (χ0) is 14.5. The molecule has 2 rings (SSSR count). The molecular formula is C14H26N4O2. The van der Waals surface area contributed by atoms with Crippen LogP contribution < -0.4 is 5.32 Å². The minimum atomic E-state index is -0.0111. The standard InChI is InChI=1S/C14H26N4O2/c1-16(2)13(19)5-9-17-8-3-4-12(17)14(20)18-10-6-15-7-11-18/h12,15H,3-11H2,1-2H3. The molecule has 0 aromatic rings. The van der Waals surface area contributed by atoms with Gasteiger partial charge in [-0.25, -0.2) is 0 Å². The molecule has 1 N–H and O–H groups in total. The second-order valence-electron chi connectivity index (χ2n) is 5.81. The van der Waals surface area contributed by atoms with Gasteiger partial charge in [0.05, 0.1) is 6.04 Å². The summed E-state index contributed by atoms with van der Waals surface area (Å²) in [4.78, 5) is 30.0. The molecule has 114 valence electrons. The second-order valence-corrected chi connectivity index (χ2v) is 5.81. The summed E-state index contributed by atoms with van der Waals surface area (Å²) < 4.78 is 0. The van der Waals surface area contributed by atoms with Crippen LogP contribution in [0.4, 0.5) is 0 Å². The number of carbonyl (C=O) groups excluding carboxylic acids is 2. The molecule has 20 heavy (non-hydrogen) atoms. The summed E-state index contributed by atoms with van der Waals surface area (Å²) in [6.07, 6.45) is 2.48. The molecule has 2 amide bonds. The first-order valence-electron chi connectivity index (χ1n) is 7.53. The SMILES string of the molecule is CN(C)C(=O)CCN1CCCC1C(=O)N1CCNCC1. The van der Waals surface area contributed by atoms with E-state index in [1.807, 2.05) is 4.90 Å². The maximum atomic E-state index is 12.6. The normalized spacial score (nSPS) is 23.9. The van der Waals surface area contributed by atoms with Crippen molar-refractivity contribution < 1.29 is 9.59 Å². The average molecular weight is 282 g/mol. The van der Waals surface area contributed by atoms with Gasteiger partial charge < -0.3 is 15.1 Å². The monoisotopic (exact) mass is 282 g/mol. The van der Waals surface area contributed by atoms with Crippen molar-refractivity contribution in [3.63, 3.8) is 0 Å². The van der Waals surface area contributed by atoms with Crippen molar-refractivity contribution in [3.05, 3.63) is 0 Å². The highest BCUT2D eigenvalue weighted by molar-refractivity contribution is 5.82. The number of likely N-dealkylation sites (tertiary alicyclic amines) is 1. The fourth-order valence-corrected chi connectivity index (χ4v) is 2.93. The Labute approximate surface area is 121 Å². The second kappa shape index (κ2) is 7.04. The van der Waals surface area contributed by atoms with Crippen LogP contribution in [0.25, 0.3) is 0 Å². The van der Waals surface area contributed by atoms with Gasteiger partial charge in [-0.1, -0.05) is 0 Å². The lowest BCUT2D eigenvalue weighted by Crippen LogP contribution is -2.52. The predicted octanol–water partition coefficient (Wildman–Crippen LogP) is -0.639. The van der Waals surface area contributed by atoms with Crippen molar-refractivity contribution >= 4 is 11.8 Å². The van der Waals surface area contributed by atoms with Gasteiger partial charge in [0.15, 0.2) is 0 Å². The lowest BCUT2D eigenvalue weighted by molar-refractivity contribution is -0.137. The summed E-state index contributed by atoms with van der Waals surface area (Å²) in [6.45, 7) is 5.01. The van der Waals surface area contributed by atoms with Crippen LogP contribution in [0, 0.1) is 0 Å². The maximum absolute atomic E-state index is 12.6. The Morgan fingerprint density at radius 2 is 1.90 bits per heavy atom. The van der Waals surface area contributed by atoms with Gasteiger partial charge in [0.25, 0.3) is 0 Å². The molecule has 1 atom stereocenters. The van der Waals surface area contributed by atoms with E-state index in [1.165, 1.54) is 0 Å². The molecule has 2 aliphatic heterocycles. The quantitative estimate of drug-likeness (QED) is 0.745. The first kappa shape index (κ1) is 15.3. The van der Waals surface area contributed by atoms with Gasteiger partial charge in [0, 0.05) is 53.2 Å². The number of piperazine rings is 1. The van der Waals surface area contributed by atoms with Crippen LogP contribution in [0.1, 0.15) is 19.3 Å². The molecule has 2 fully saturated rings. The van der Waals surface area contributed by atoms with Gasteiger partial charge in [-0.3, -0.25) is 14.5 Å². The third-order valence-corrected chi connectivity index (χ3v) is 4.19. The number of amides is 2.